The quantitative estimate of drug-likeness (QED) is 0.508. The first-order valence-electron chi connectivity index (χ1n) is 8.11. The molecule has 2 aromatic carbocycles. The lowest BCUT2D eigenvalue weighted by molar-refractivity contribution is -0.123. The number of hydrogen-bond donors (Lipinski definition) is 2. The summed E-state index contributed by atoms with van der Waals surface area (Å²) in [5.74, 6) is -1.30. The Morgan fingerprint density at radius 2 is 1.86 bits per heavy atom. The number of nitrogens with one attached hydrogen (secondary N) is 1. The fourth-order valence-electron chi connectivity index (χ4n) is 2.57. The van der Waals surface area contributed by atoms with Crippen LogP contribution in [0.15, 0.2) is 59.6 Å². The van der Waals surface area contributed by atoms with Gasteiger partial charge in [0.2, 0.25) is 0 Å². The van der Waals surface area contributed by atoms with Crippen LogP contribution in [0.25, 0.3) is 17.1 Å². The number of nitrogens with zero attached hydrogens (tertiary/aromatic N) is 3. The molecule has 2 N–H and O–H groups in total. The van der Waals surface area contributed by atoms with E-state index in [0.29, 0.717) is 16.1 Å². The molecule has 2 amide bonds. The number of hydrogen-bond acceptors (Lipinski definition) is 7. The number of aromatic nitrogens is 2. The second-order valence-electron chi connectivity index (χ2n) is 5.76. The van der Waals surface area contributed by atoms with Gasteiger partial charge in [-0.2, -0.15) is 5.01 Å². The third-order valence-corrected chi connectivity index (χ3v) is 5.20. The van der Waals surface area contributed by atoms with Crippen LogP contribution in [0.3, 0.4) is 0 Å². The van der Waals surface area contributed by atoms with Gasteiger partial charge in [0, 0.05) is 0 Å². The summed E-state index contributed by atoms with van der Waals surface area (Å²) in [7, 11) is 0. The SMILES string of the molecule is O=C(NN1C(=O)/C(=C\c2cnc3ccccc3n2)SC1=S)c1ccccc1O. The molecule has 4 rings (SSSR count). The van der Waals surface area contributed by atoms with Gasteiger partial charge in [0.1, 0.15) is 5.75 Å². The molecule has 138 valence electrons. The molecule has 0 spiro atoms. The topological polar surface area (TPSA) is 95.4 Å². The van der Waals surface area contributed by atoms with Gasteiger partial charge in [-0.25, -0.2) is 4.98 Å². The number of fused-ring (bicyclic) bond motifs is 1. The van der Waals surface area contributed by atoms with Crippen molar-refractivity contribution in [2.75, 3.05) is 0 Å². The zero-order chi connectivity index (χ0) is 19.7. The van der Waals surface area contributed by atoms with Gasteiger partial charge in [0.15, 0.2) is 4.32 Å². The molecule has 7 nitrogen and oxygen atoms in total. The first-order valence-corrected chi connectivity index (χ1v) is 9.34. The Bertz CT molecular complexity index is 1160. The van der Waals surface area contributed by atoms with E-state index in [9.17, 15) is 14.7 Å². The van der Waals surface area contributed by atoms with Crippen molar-refractivity contribution in [3.8, 4) is 5.75 Å². The van der Waals surface area contributed by atoms with Gasteiger partial charge in [-0.15, -0.1) is 0 Å². The van der Waals surface area contributed by atoms with Crippen molar-refractivity contribution in [1.82, 2.24) is 20.4 Å². The monoisotopic (exact) mass is 408 g/mol. The van der Waals surface area contributed by atoms with Gasteiger partial charge in [-0.3, -0.25) is 20.0 Å². The first-order chi connectivity index (χ1) is 13.5. The highest BCUT2D eigenvalue weighted by molar-refractivity contribution is 8.26. The predicted octanol–water partition coefficient (Wildman–Crippen LogP) is 2.88. The third-order valence-electron chi connectivity index (χ3n) is 3.90. The van der Waals surface area contributed by atoms with Crippen molar-refractivity contribution in [2.24, 2.45) is 0 Å². The number of carbonyl (C=O) groups is 2. The lowest BCUT2D eigenvalue weighted by Crippen LogP contribution is -2.44. The maximum Gasteiger partial charge on any atom is 0.285 e. The van der Waals surface area contributed by atoms with Gasteiger partial charge in [0.25, 0.3) is 11.8 Å². The molecule has 9 heteroatoms. The number of benzene rings is 2. The number of carbonyl (C=O) groups excluding carboxylic acids is 2. The van der Waals surface area contributed by atoms with Crippen LogP contribution in [0.5, 0.6) is 5.75 Å². The third kappa shape index (κ3) is 3.45. The molecular formula is C19H12N4O3S2. The molecule has 2 heterocycles. The first kappa shape index (κ1) is 18.1. The minimum atomic E-state index is -0.638. The number of thiocarbonyl (C=S) groups is 1. The largest absolute Gasteiger partial charge is 0.507 e. The molecule has 1 aromatic heterocycles. The van der Waals surface area contributed by atoms with Crippen LogP contribution in [0, 0.1) is 0 Å². The maximum absolute atomic E-state index is 12.7. The van der Waals surface area contributed by atoms with E-state index in [-0.39, 0.29) is 15.6 Å². The number of phenols is 1. The summed E-state index contributed by atoms with van der Waals surface area (Å²) < 4.78 is 0.175. The highest BCUT2D eigenvalue weighted by atomic mass is 32.2. The van der Waals surface area contributed by atoms with Crippen LogP contribution in [0.4, 0.5) is 0 Å². The van der Waals surface area contributed by atoms with Crippen LogP contribution >= 0.6 is 24.0 Å². The molecule has 1 aliphatic heterocycles. The molecule has 1 fully saturated rings. The van der Waals surface area contributed by atoms with Gasteiger partial charge in [0.05, 0.1) is 33.4 Å². The van der Waals surface area contributed by atoms with Gasteiger partial charge >= 0.3 is 0 Å². The van der Waals surface area contributed by atoms with Crippen LogP contribution < -0.4 is 5.43 Å². The number of amides is 2. The minimum absolute atomic E-state index is 0.0425. The van der Waals surface area contributed by atoms with Gasteiger partial charge in [-0.1, -0.05) is 36.0 Å². The zero-order valence-electron chi connectivity index (χ0n) is 14.2. The summed E-state index contributed by atoms with van der Waals surface area (Å²) in [6, 6.07) is 13.4. The molecule has 1 saturated heterocycles. The van der Waals surface area contributed by atoms with Crippen molar-refractivity contribution in [1.29, 1.82) is 0 Å². The van der Waals surface area contributed by atoms with Crippen LogP contribution in [0.1, 0.15) is 16.1 Å². The molecular weight excluding hydrogens is 396 g/mol. The van der Waals surface area contributed by atoms with E-state index >= 15 is 0 Å². The average molecular weight is 408 g/mol. The van der Waals surface area contributed by atoms with Crippen molar-refractivity contribution in [3.63, 3.8) is 0 Å². The molecule has 3 aromatic rings. The van der Waals surface area contributed by atoms with Gasteiger partial charge < -0.3 is 5.11 Å². The summed E-state index contributed by atoms with van der Waals surface area (Å²) >= 11 is 6.25. The fraction of sp³-hybridized carbons (Fsp3) is 0. The fourth-order valence-corrected chi connectivity index (χ4v) is 3.73. The Morgan fingerprint density at radius 1 is 1.14 bits per heavy atom. The number of rotatable bonds is 3. The van der Waals surface area contributed by atoms with Crippen molar-refractivity contribution < 1.29 is 14.7 Å². The predicted molar refractivity (Wildman–Crippen MR) is 110 cm³/mol. The van der Waals surface area contributed by atoms with Crippen molar-refractivity contribution in [3.05, 3.63) is 70.9 Å². The lowest BCUT2D eigenvalue weighted by Gasteiger charge is -2.16. The Balaban J connectivity index is 1.57. The number of aromatic hydroxyl groups is 1. The van der Waals surface area contributed by atoms with Gasteiger partial charge in [-0.05, 0) is 42.6 Å². The summed E-state index contributed by atoms with van der Waals surface area (Å²) in [5.41, 5.74) is 4.44. The van der Waals surface area contributed by atoms with E-state index in [1.54, 1.807) is 24.4 Å². The normalized spacial score (nSPS) is 15.4. The molecule has 1 aliphatic rings. The van der Waals surface area contributed by atoms with E-state index in [2.05, 4.69) is 15.4 Å². The van der Waals surface area contributed by atoms with E-state index in [1.807, 2.05) is 24.3 Å². The average Bonchev–Trinajstić information content (AvgIpc) is 2.95. The highest BCUT2D eigenvalue weighted by Crippen LogP contribution is 2.31. The Kier molecular flexibility index (Phi) is 4.76. The van der Waals surface area contributed by atoms with E-state index in [0.717, 1.165) is 22.3 Å². The summed E-state index contributed by atoms with van der Waals surface area (Å²) in [6.45, 7) is 0. The van der Waals surface area contributed by atoms with Crippen molar-refractivity contribution in [2.45, 2.75) is 0 Å². The standard InChI is InChI=1S/C19H12N4O3S2/c24-15-8-4-1-5-12(15)17(25)22-23-18(26)16(28-19(23)27)9-11-10-20-13-6-2-3-7-14(13)21-11/h1-10,24H,(H,22,25)/b16-9+. The summed E-state index contributed by atoms with van der Waals surface area (Å²) in [4.78, 5) is 34.1. The van der Waals surface area contributed by atoms with Crippen LogP contribution in [-0.2, 0) is 4.79 Å². The molecule has 0 saturated carbocycles. The summed E-state index contributed by atoms with van der Waals surface area (Å²) in [5, 5.41) is 10.8. The molecule has 0 radical (unpaired) electrons. The minimum Gasteiger partial charge on any atom is -0.507 e. The molecule has 28 heavy (non-hydrogen) atoms. The molecule has 0 bridgehead atoms. The van der Waals surface area contributed by atoms with E-state index < -0.39 is 11.8 Å². The number of para-hydroxylation sites is 3. The molecule has 0 aliphatic carbocycles. The lowest BCUT2D eigenvalue weighted by atomic mass is 10.2. The zero-order valence-corrected chi connectivity index (χ0v) is 15.8. The number of hydrazine groups is 1. The molecule has 0 unspecified atom stereocenters. The van der Waals surface area contributed by atoms with E-state index in [4.69, 9.17) is 12.2 Å². The van der Waals surface area contributed by atoms with Crippen LogP contribution in [0.2, 0.25) is 0 Å². The number of phenolic OH excluding ortho intramolecular Hbond substituents is 1. The number of thioether (sulfide) groups is 1. The summed E-state index contributed by atoms with van der Waals surface area (Å²) in [6.07, 6.45) is 3.14. The highest BCUT2D eigenvalue weighted by Gasteiger charge is 2.34. The smallest absolute Gasteiger partial charge is 0.285 e. The Morgan fingerprint density at radius 3 is 2.64 bits per heavy atom. The second kappa shape index (κ2) is 7.37. The van der Waals surface area contributed by atoms with Crippen molar-refractivity contribution >= 4 is 57.2 Å². The Hall–Kier alpha value is -3.30. The van der Waals surface area contributed by atoms with Crippen LogP contribution in [-0.4, -0.2) is 36.2 Å². The maximum atomic E-state index is 12.7. The molecule has 0 atom stereocenters. The second-order valence-corrected chi connectivity index (χ2v) is 7.43. The van der Waals surface area contributed by atoms with E-state index in [1.165, 1.54) is 12.1 Å². The Labute approximate surface area is 169 Å².